The van der Waals surface area contributed by atoms with E-state index >= 15 is 0 Å². The van der Waals surface area contributed by atoms with Crippen LogP contribution in [0.4, 0.5) is 0 Å². The highest BCUT2D eigenvalue weighted by Crippen LogP contribution is 2.23. The van der Waals surface area contributed by atoms with E-state index in [1.54, 1.807) is 0 Å². The van der Waals surface area contributed by atoms with E-state index in [0.29, 0.717) is 19.4 Å². The molecular formula is C19H30N2O4. The van der Waals surface area contributed by atoms with Crippen molar-refractivity contribution >= 4 is 0 Å². The number of aliphatic hydroxyl groups is 2. The monoisotopic (exact) mass is 350 g/mol. The van der Waals surface area contributed by atoms with Crippen LogP contribution in [0.1, 0.15) is 18.4 Å². The number of hydrogen-bond acceptors (Lipinski definition) is 6. The van der Waals surface area contributed by atoms with E-state index in [-0.39, 0.29) is 6.61 Å². The molecule has 2 aliphatic heterocycles. The Bertz CT molecular complexity index is 526. The summed E-state index contributed by atoms with van der Waals surface area (Å²) < 4.78 is 11.3. The van der Waals surface area contributed by atoms with Crippen LogP contribution < -0.4 is 4.74 Å². The van der Waals surface area contributed by atoms with Gasteiger partial charge in [0.05, 0.1) is 25.4 Å². The summed E-state index contributed by atoms with van der Waals surface area (Å²) in [7, 11) is 0. The smallest absolute Gasteiger partial charge is 0.119 e. The molecule has 0 radical (unpaired) electrons. The van der Waals surface area contributed by atoms with Crippen molar-refractivity contribution in [1.82, 2.24) is 9.80 Å². The lowest BCUT2D eigenvalue weighted by molar-refractivity contribution is -0.0606. The Morgan fingerprint density at radius 3 is 2.56 bits per heavy atom. The van der Waals surface area contributed by atoms with Gasteiger partial charge in [-0.2, -0.15) is 0 Å². The van der Waals surface area contributed by atoms with Crippen molar-refractivity contribution in [3.63, 3.8) is 0 Å². The Hall–Kier alpha value is -1.18. The van der Waals surface area contributed by atoms with Crippen LogP contribution in [-0.2, 0) is 11.3 Å². The fraction of sp³-hybridized carbons (Fsp3) is 0.684. The number of morpholine rings is 1. The second-order valence-electron chi connectivity index (χ2n) is 7.11. The largest absolute Gasteiger partial charge is 0.492 e. The van der Waals surface area contributed by atoms with Crippen molar-refractivity contribution in [3.8, 4) is 5.75 Å². The minimum Gasteiger partial charge on any atom is -0.492 e. The van der Waals surface area contributed by atoms with Crippen LogP contribution >= 0.6 is 0 Å². The van der Waals surface area contributed by atoms with Crippen molar-refractivity contribution in [3.05, 3.63) is 29.8 Å². The van der Waals surface area contributed by atoms with Gasteiger partial charge in [-0.15, -0.1) is 0 Å². The van der Waals surface area contributed by atoms with Crippen LogP contribution in [0.2, 0.25) is 0 Å². The first-order valence-corrected chi connectivity index (χ1v) is 9.24. The molecule has 0 atom stereocenters. The number of rotatable bonds is 7. The lowest BCUT2D eigenvalue weighted by Gasteiger charge is -2.37. The molecule has 25 heavy (non-hydrogen) atoms. The third-order valence-electron chi connectivity index (χ3n) is 5.17. The second kappa shape index (κ2) is 8.96. The quantitative estimate of drug-likeness (QED) is 0.755. The topological polar surface area (TPSA) is 65.4 Å². The van der Waals surface area contributed by atoms with Gasteiger partial charge in [0.15, 0.2) is 0 Å². The Kier molecular flexibility index (Phi) is 6.67. The van der Waals surface area contributed by atoms with Gasteiger partial charge in [0.2, 0.25) is 0 Å². The molecule has 0 spiro atoms. The average Bonchev–Trinajstić information content (AvgIpc) is 2.65. The van der Waals surface area contributed by atoms with Crippen molar-refractivity contribution < 1.29 is 19.7 Å². The summed E-state index contributed by atoms with van der Waals surface area (Å²) in [5, 5.41) is 19.3. The molecule has 140 valence electrons. The Balaban J connectivity index is 1.43. The highest BCUT2D eigenvalue weighted by molar-refractivity contribution is 5.28. The Morgan fingerprint density at radius 1 is 1.08 bits per heavy atom. The maximum Gasteiger partial charge on any atom is 0.119 e. The molecule has 2 heterocycles. The standard InChI is InChI=1S/C19H30N2O4/c22-16-19(23)4-6-21(7-5-19)15-17-2-1-3-18(14-17)25-13-10-20-8-11-24-12-9-20/h1-3,14,22-23H,4-13,15-16H2. The van der Waals surface area contributed by atoms with E-state index < -0.39 is 5.60 Å². The minimum absolute atomic E-state index is 0.146. The number of hydrogen-bond donors (Lipinski definition) is 2. The van der Waals surface area contributed by atoms with Crippen LogP contribution in [-0.4, -0.2) is 84.8 Å². The first-order valence-electron chi connectivity index (χ1n) is 9.24. The zero-order valence-corrected chi connectivity index (χ0v) is 14.9. The highest BCUT2D eigenvalue weighted by atomic mass is 16.5. The fourth-order valence-electron chi connectivity index (χ4n) is 3.39. The predicted octanol–water partition coefficient (Wildman–Crippen LogP) is 0.717. The summed E-state index contributed by atoms with van der Waals surface area (Å²) in [5.41, 5.74) is 0.333. The van der Waals surface area contributed by atoms with E-state index in [1.807, 2.05) is 12.1 Å². The van der Waals surface area contributed by atoms with Gasteiger partial charge in [-0.05, 0) is 30.5 Å². The maximum absolute atomic E-state index is 10.1. The fourth-order valence-corrected chi connectivity index (χ4v) is 3.39. The summed E-state index contributed by atoms with van der Waals surface area (Å²) >= 11 is 0. The molecule has 1 aromatic carbocycles. The SMILES string of the molecule is OCC1(O)CCN(Cc2cccc(OCCN3CCOCC3)c2)CC1. The first-order chi connectivity index (χ1) is 12.2. The number of benzene rings is 1. The molecule has 0 unspecified atom stereocenters. The van der Waals surface area contributed by atoms with Gasteiger partial charge < -0.3 is 19.7 Å². The number of nitrogens with zero attached hydrogens (tertiary/aromatic N) is 2. The molecule has 2 aliphatic rings. The molecule has 2 N–H and O–H groups in total. The van der Waals surface area contributed by atoms with Crippen molar-refractivity contribution in [1.29, 1.82) is 0 Å². The molecule has 2 fully saturated rings. The minimum atomic E-state index is -0.888. The van der Waals surface area contributed by atoms with Crippen LogP contribution in [0.3, 0.4) is 0 Å². The van der Waals surface area contributed by atoms with Crippen LogP contribution in [0.25, 0.3) is 0 Å². The molecule has 1 aromatic rings. The van der Waals surface area contributed by atoms with Crippen LogP contribution in [0.5, 0.6) is 5.75 Å². The van der Waals surface area contributed by atoms with Gasteiger partial charge in [-0.1, -0.05) is 12.1 Å². The molecule has 0 aromatic heterocycles. The van der Waals surface area contributed by atoms with Gasteiger partial charge >= 0.3 is 0 Å². The third kappa shape index (κ3) is 5.66. The maximum atomic E-state index is 10.1. The zero-order valence-electron chi connectivity index (χ0n) is 14.9. The molecule has 0 amide bonds. The Morgan fingerprint density at radius 2 is 1.84 bits per heavy atom. The van der Waals surface area contributed by atoms with Gasteiger partial charge in [-0.3, -0.25) is 9.80 Å². The van der Waals surface area contributed by atoms with Crippen molar-refractivity contribution in [2.75, 3.05) is 59.2 Å². The molecule has 6 nitrogen and oxygen atoms in total. The zero-order chi connectivity index (χ0) is 17.5. The molecule has 0 aliphatic carbocycles. The van der Waals surface area contributed by atoms with Crippen LogP contribution in [0, 0.1) is 0 Å². The van der Waals surface area contributed by atoms with Gasteiger partial charge in [-0.25, -0.2) is 0 Å². The van der Waals surface area contributed by atoms with Gasteiger partial charge in [0.25, 0.3) is 0 Å². The van der Waals surface area contributed by atoms with Crippen molar-refractivity contribution in [2.24, 2.45) is 0 Å². The molecular weight excluding hydrogens is 320 g/mol. The molecule has 6 heteroatoms. The predicted molar refractivity (Wildman–Crippen MR) is 95.7 cm³/mol. The number of likely N-dealkylation sites (tertiary alicyclic amines) is 1. The Labute approximate surface area is 149 Å². The summed E-state index contributed by atoms with van der Waals surface area (Å²) in [6, 6.07) is 8.25. The summed E-state index contributed by atoms with van der Waals surface area (Å²) in [6.45, 7) is 7.54. The number of aliphatic hydroxyl groups excluding tert-OH is 1. The van der Waals surface area contributed by atoms with Crippen molar-refractivity contribution in [2.45, 2.75) is 25.0 Å². The summed E-state index contributed by atoms with van der Waals surface area (Å²) in [4.78, 5) is 4.68. The number of piperidine rings is 1. The summed E-state index contributed by atoms with van der Waals surface area (Å²) in [6.07, 6.45) is 1.25. The second-order valence-corrected chi connectivity index (χ2v) is 7.11. The van der Waals surface area contributed by atoms with Crippen LogP contribution in [0.15, 0.2) is 24.3 Å². The van der Waals surface area contributed by atoms with E-state index in [9.17, 15) is 10.2 Å². The first kappa shape index (κ1) is 18.6. The van der Waals surface area contributed by atoms with E-state index in [2.05, 4.69) is 21.9 Å². The van der Waals surface area contributed by atoms with E-state index in [1.165, 1.54) is 5.56 Å². The highest BCUT2D eigenvalue weighted by Gasteiger charge is 2.31. The molecule has 3 rings (SSSR count). The molecule has 0 saturated carbocycles. The van der Waals surface area contributed by atoms with Gasteiger partial charge in [0, 0.05) is 39.3 Å². The summed E-state index contributed by atoms with van der Waals surface area (Å²) in [5.74, 6) is 0.912. The normalized spacial score (nSPS) is 22.0. The third-order valence-corrected chi connectivity index (χ3v) is 5.17. The molecule has 2 saturated heterocycles. The number of ether oxygens (including phenoxy) is 2. The van der Waals surface area contributed by atoms with Gasteiger partial charge in [0.1, 0.15) is 12.4 Å². The van der Waals surface area contributed by atoms with E-state index in [4.69, 9.17) is 9.47 Å². The van der Waals surface area contributed by atoms with E-state index in [0.717, 1.165) is 58.2 Å². The lowest BCUT2D eigenvalue weighted by Crippen LogP contribution is -2.46. The molecule has 0 bridgehead atoms. The lowest BCUT2D eigenvalue weighted by atomic mass is 9.92. The average molecular weight is 350 g/mol.